The molecule has 0 radical (unpaired) electrons. The summed E-state index contributed by atoms with van der Waals surface area (Å²) in [6.07, 6.45) is 1.88. The van der Waals surface area contributed by atoms with Crippen LogP contribution in [0.4, 0.5) is 0 Å². The van der Waals surface area contributed by atoms with Gasteiger partial charge in [0.15, 0.2) is 0 Å². The summed E-state index contributed by atoms with van der Waals surface area (Å²) >= 11 is 62.5. The van der Waals surface area contributed by atoms with Crippen molar-refractivity contribution in [3.8, 4) is 21.3 Å². The highest BCUT2D eigenvalue weighted by Gasteiger charge is 2.09. The molecule has 8 nitrogen and oxygen atoms in total. The number of fused-ring (bicyclic) bond motifs is 7. The number of aryl methyl sites for hydroxylation is 12. The number of thiophene rings is 3. The molecule has 22 heteroatoms. The number of aromatic amines is 3. The third kappa shape index (κ3) is 27.3. The maximum atomic E-state index is 5.89. The molecule has 0 aliphatic carbocycles. The Bertz CT molecular complexity index is 5840. The molecule has 592 valence electrons. The second-order valence-corrected chi connectivity index (χ2v) is 35.7. The first-order valence-electron chi connectivity index (χ1n) is 34.9. The number of aromatic nitrogens is 5. The lowest BCUT2D eigenvalue weighted by atomic mass is 10.2. The van der Waals surface area contributed by atoms with E-state index >= 15 is 0 Å². The van der Waals surface area contributed by atoms with E-state index in [9.17, 15) is 0 Å². The number of hydrogen-bond acceptors (Lipinski definition) is 9. The van der Waals surface area contributed by atoms with Gasteiger partial charge in [-0.25, -0.2) is 4.98 Å². The molecule has 0 amide bonds. The average molecular weight is 1830 g/mol. The Hall–Kier alpha value is -7.51. The molecule has 0 fully saturated rings. The highest BCUT2D eigenvalue weighted by atomic mass is 79.9. The molecule has 0 atom stereocenters. The topological polar surface area (TPSA) is 105 Å². The van der Waals surface area contributed by atoms with Gasteiger partial charge in [0.25, 0.3) is 0 Å². The molecular formula is C91H91BrCl9N5O3S4. The molecule has 0 saturated heterocycles. The van der Waals surface area contributed by atoms with Crippen molar-refractivity contribution in [2.75, 3.05) is 14.2 Å². The Labute approximate surface area is 735 Å². The van der Waals surface area contributed by atoms with Crippen molar-refractivity contribution in [1.29, 1.82) is 0 Å². The summed E-state index contributed by atoms with van der Waals surface area (Å²) < 4.78 is 19.9. The second kappa shape index (κ2) is 43.4. The zero-order chi connectivity index (χ0) is 81.0. The van der Waals surface area contributed by atoms with Crippen molar-refractivity contribution >= 4 is 241 Å². The second-order valence-electron chi connectivity index (χ2n) is 25.9. The number of halogens is 10. The van der Waals surface area contributed by atoms with E-state index in [1.807, 2.05) is 211 Å². The summed E-state index contributed by atoms with van der Waals surface area (Å²) in [6.45, 7) is 24.6. The summed E-state index contributed by atoms with van der Waals surface area (Å²) in [5, 5.41) is 14.2. The summed E-state index contributed by atoms with van der Waals surface area (Å²) in [7, 11) is 3.27. The van der Waals surface area contributed by atoms with Crippen molar-refractivity contribution in [3.05, 3.63) is 333 Å². The minimum Gasteiger partial charge on any atom is -0.497 e. The Kier molecular flexibility index (Phi) is 35.0. The van der Waals surface area contributed by atoms with Gasteiger partial charge in [0.05, 0.1) is 54.4 Å². The SMILES string of the molecule is C.COc1ccc(C)cc1Cl.COc1ccc2sc(C)nc2c1.Cc1[nH]c2cc(Cl)ccc2c1C.Cc1cc2cc(Cl)ccc2[nH]1.Cc1cc2ccc(Cl)cc2[nH]1.Cc1cc2ccc(Cl)cc2o1.Cc1ccc(-c2ccc(Cl)s2)s1.Cc1ccc(Cl)c(Cl)c1.Cc1cnc2cc(Br)ccc2c1.Cc1sc2cc(Cl)ccc2c1C.[HH].[HH].[HH]. The van der Waals surface area contributed by atoms with Crippen molar-refractivity contribution in [2.45, 2.75) is 90.5 Å². The number of thiazole rings is 1. The summed E-state index contributed by atoms with van der Waals surface area (Å²) in [4.78, 5) is 23.7. The predicted molar refractivity (Wildman–Crippen MR) is 511 cm³/mol. The first-order valence-corrected chi connectivity index (χ1v) is 42.4. The molecule has 0 spiro atoms. The van der Waals surface area contributed by atoms with Gasteiger partial charge in [-0.05, 0) is 292 Å². The number of furan rings is 1. The highest BCUT2D eigenvalue weighted by Crippen LogP contribution is 2.36. The number of hydrogen-bond donors (Lipinski definition) is 3. The average Bonchev–Trinajstić information content (AvgIpc) is 1.63. The minimum absolute atomic E-state index is 0. The van der Waals surface area contributed by atoms with Gasteiger partial charge in [-0.3, -0.25) is 4.98 Å². The van der Waals surface area contributed by atoms with Gasteiger partial charge < -0.3 is 28.8 Å². The lowest BCUT2D eigenvalue weighted by Crippen LogP contribution is -1.83. The van der Waals surface area contributed by atoms with Crippen LogP contribution >= 0.6 is 166 Å². The molecule has 9 heterocycles. The third-order valence-electron chi connectivity index (χ3n) is 16.9. The molecular weight excluding hydrogens is 1740 g/mol. The van der Waals surface area contributed by atoms with Crippen molar-refractivity contribution < 1.29 is 18.2 Å². The van der Waals surface area contributed by atoms with Crippen LogP contribution in [0.25, 0.3) is 84.6 Å². The molecule has 0 bridgehead atoms. The smallest absolute Gasteiger partial charge is 0.137 e. The maximum Gasteiger partial charge on any atom is 0.137 e. The molecule has 9 aromatic heterocycles. The van der Waals surface area contributed by atoms with Crippen molar-refractivity contribution in [2.24, 2.45) is 0 Å². The van der Waals surface area contributed by atoms with Gasteiger partial charge in [0.1, 0.15) is 22.8 Å². The maximum absolute atomic E-state index is 5.89. The standard InChI is InChI=1S/C10H8BrN.C10H10ClN.C10H9ClS.2C9H8ClN.C9H7ClO.C9H7ClS2.C9H9NOS.C8H9ClO.C7H6Cl2.CH4.3H2/c1-7-4-8-2-3-9(11)5-10(8)12-6-7;2*1-6-7(2)12-10-5-8(11)3-4-9(6)10;1-6-4-7-5-8(10)2-3-9(7)11-6;2*1-6-4-7-2-3-8(10)5-9(7)11-6;1-6-2-3-7(11-6)8-4-5-9(10)12-8;1-6-10-8-5-7(11-2)3-4-9(8)12-6;1-6-3-4-8(10-2)7(9)5-6;1-5-2-3-6(8)7(9)4-5;;;;/h2-6H,1H3;3-5,12H,1-2H3;3-5H,1-2H3;2*2-5,11H,1H3;2-5H,1H3;2-5H,1H3;3-5H,1-2H3;3-5H,1-2H3;2-4H,1H3;1H4;3*1H. The number of benzene rings is 9. The molecule has 9 aromatic carbocycles. The van der Waals surface area contributed by atoms with Crippen LogP contribution < -0.4 is 9.47 Å². The Morgan fingerprint density at radius 3 is 1.66 bits per heavy atom. The van der Waals surface area contributed by atoms with Crippen molar-refractivity contribution in [1.82, 2.24) is 24.9 Å². The monoisotopic (exact) mass is 1820 g/mol. The lowest BCUT2D eigenvalue weighted by Gasteiger charge is -2.01. The Morgan fingerprint density at radius 1 is 0.407 bits per heavy atom. The number of nitrogens with one attached hydrogen (secondary N) is 3. The van der Waals surface area contributed by atoms with Crippen LogP contribution in [0, 0.1) is 83.1 Å². The molecule has 0 aliphatic rings. The highest BCUT2D eigenvalue weighted by molar-refractivity contribution is 9.10. The largest absolute Gasteiger partial charge is 0.497 e. The zero-order valence-electron chi connectivity index (χ0n) is 63.8. The Morgan fingerprint density at radius 2 is 1.01 bits per heavy atom. The summed E-state index contributed by atoms with van der Waals surface area (Å²) in [6, 6.07) is 69.2. The molecule has 18 rings (SSSR count). The van der Waals surface area contributed by atoms with Crippen LogP contribution in [0.15, 0.2) is 227 Å². The van der Waals surface area contributed by atoms with Gasteiger partial charge in [-0.1, -0.05) is 164 Å². The fourth-order valence-corrected chi connectivity index (χ4v) is 17.0. The molecule has 0 saturated carbocycles. The van der Waals surface area contributed by atoms with E-state index < -0.39 is 0 Å². The minimum atomic E-state index is 0. The number of H-pyrrole nitrogens is 3. The number of pyridine rings is 1. The van der Waals surface area contributed by atoms with E-state index in [1.54, 1.807) is 54.3 Å². The van der Waals surface area contributed by atoms with Crippen molar-refractivity contribution in [3.63, 3.8) is 0 Å². The van der Waals surface area contributed by atoms with E-state index in [-0.39, 0.29) is 11.7 Å². The van der Waals surface area contributed by atoms with Gasteiger partial charge in [0, 0.05) is 126 Å². The van der Waals surface area contributed by atoms with E-state index in [0.29, 0.717) is 20.1 Å². The fraction of sp³-hybridized carbons (Fsp3) is 0.165. The normalized spacial score (nSPS) is 10.4. The van der Waals surface area contributed by atoms with Gasteiger partial charge in [0.2, 0.25) is 0 Å². The van der Waals surface area contributed by atoms with Gasteiger partial charge in [-0.2, -0.15) is 0 Å². The number of rotatable bonds is 3. The van der Waals surface area contributed by atoms with Crippen LogP contribution in [0.1, 0.15) is 77.1 Å². The van der Waals surface area contributed by atoms with Crippen LogP contribution in [0.5, 0.6) is 11.5 Å². The third-order valence-corrected chi connectivity index (χ3v) is 24.1. The van der Waals surface area contributed by atoms with Gasteiger partial charge >= 0.3 is 0 Å². The van der Waals surface area contributed by atoms with Crippen LogP contribution in [0.3, 0.4) is 0 Å². The Balaban J connectivity index is 0.000000229. The number of methoxy groups -OCH3 is 2. The first kappa shape index (κ1) is 91.0. The molecule has 0 aliphatic heterocycles. The zero-order valence-corrected chi connectivity index (χ0v) is 75.5. The van der Waals surface area contributed by atoms with E-state index in [2.05, 4.69) is 137 Å². The van der Waals surface area contributed by atoms with Gasteiger partial charge in [-0.15, -0.1) is 45.3 Å². The molecule has 113 heavy (non-hydrogen) atoms. The van der Waals surface area contributed by atoms with E-state index in [0.717, 1.165) is 101 Å². The van der Waals surface area contributed by atoms with E-state index in [1.165, 1.54) is 89.6 Å². The molecule has 18 aromatic rings. The number of nitrogens with zero attached hydrogens (tertiary/aromatic N) is 2. The van der Waals surface area contributed by atoms with Crippen LogP contribution in [-0.4, -0.2) is 39.1 Å². The molecule has 0 unspecified atom stereocenters. The van der Waals surface area contributed by atoms with Crippen LogP contribution in [-0.2, 0) is 0 Å². The summed E-state index contributed by atoms with van der Waals surface area (Å²) in [5.74, 6) is 2.52. The van der Waals surface area contributed by atoms with Crippen LogP contribution in [0.2, 0.25) is 44.5 Å². The predicted octanol–water partition coefficient (Wildman–Crippen LogP) is 35.0. The number of ether oxygens (including phenoxy) is 2. The van der Waals surface area contributed by atoms with E-state index in [4.69, 9.17) is 118 Å². The fourth-order valence-electron chi connectivity index (χ4n) is 11.1. The first-order chi connectivity index (χ1) is 53.4. The summed E-state index contributed by atoms with van der Waals surface area (Å²) in [5.41, 5.74) is 16.0. The molecule has 3 N–H and O–H groups in total. The quantitative estimate of drug-likeness (QED) is 0.163. The lowest BCUT2D eigenvalue weighted by molar-refractivity contribution is 0.415.